The molecule has 0 atom stereocenters. The lowest BCUT2D eigenvalue weighted by atomic mass is 10.2. The van der Waals surface area contributed by atoms with Crippen molar-refractivity contribution in [3.05, 3.63) is 64.8 Å². The van der Waals surface area contributed by atoms with E-state index in [9.17, 15) is 9.18 Å². The molecule has 0 N–H and O–H groups in total. The standard InChI is InChI=1S/C21H22FN3O2S/c1-14(2)25(21(26)18-12-24-8-9-27-13-20(24)23-18)11-17-6-7-19(28-17)15-4-3-5-16(22)10-15/h3-7,10,12,14H,8-9,11,13H2,1-2H3. The van der Waals surface area contributed by atoms with Crippen molar-refractivity contribution in [2.45, 2.75) is 39.6 Å². The summed E-state index contributed by atoms with van der Waals surface area (Å²) in [7, 11) is 0. The maximum absolute atomic E-state index is 13.5. The maximum atomic E-state index is 13.5. The molecule has 5 nitrogen and oxygen atoms in total. The van der Waals surface area contributed by atoms with Crippen molar-refractivity contribution in [3.63, 3.8) is 0 Å². The third-order valence-electron chi connectivity index (χ3n) is 4.77. The first-order valence-corrected chi connectivity index (χ1v) is 10.1. The Morgan fingerprint density at radius 2 is 2.21 bits per heavy atom. The molecular weight excluding hydrogens is 377 g/mol. The van der Waals surface area contributed by atoms with Crippen molar-refractivity contribution in [1.82, 2.24) is 14.5 Å². The minimum atomic E-state index is -0.251. The van der Waals surface area contributed by atoms with Crippen molar-refractivity contribution < 1.29 is 13.9 Å². The van der Waals surface area contributed by atoms with Gasteiger partial charge in [0.25, 0.3) is 5.91 Å². The zero-order valence-corrected chi connectivity index (χ0v) is 16.7. The molecule has 3 aromatic rings. The Labute approximate surface area is 167 Å². The number of fused-ring (bicyclic) bond motifs is 1. The largest absolute Gasteiger partial charge is 0.372 e. The van der Waals surface area contributed by atoms with Gasteiger partial charge in [0.15, 0.2) is 0 Å². The Morgan fingerprint density at radius 1 is 1.36 bits per heavy atom. The van der Waals surface area contributed by atoms with Gasteiger partial charge in [-0.2, -0.15) is 0 Å². The highest BCUT2D eigenvalue weighted by atomic mass is 32.1. The molecule has 0 saturated carbocycles. The van der Waals surface area contributed by atoms with Gasteiger partial charge in [-0.25, -0.2) is 9.37 Å². The first kappa shape index (κ1) is 18.8. The highest BCUT2D eigenvalue weighted by Gasteiger charge is 2.24. The van der Waals surface area contributed by atoms with Crippen molar-refractivity contribution in [2.24, 2.45) is 0 Å². The van der Waals surface area contributed by atoms with E-state index in [1.165, 1.54) is 12.1 Å². The summed E-state index contributed by atoms with van der Waals surface area (Å²) in [6.07, 6.45) is 1.82. The van der Waals surface area contributed by atoms with Crippen LogP contribution in [-0.4, -0.2) is 33.0 Å². The van der Waals surface area contributed by atoms with Gasteiger partial charge in [0.1, 0.15) is 23.9 Å². The first-order chi connectivity index (χ1) is 13.5. The average molecular weight is 399 g/mol. The Bertz CT molecular complexity index is 972. The van der Waals surface area contributed by atoms with Crippen molar-refractivity contribution >= 4 is 17.2 Å². The zero-order valence-electron chi connectivity index (χ0n) is 15.9. The molecule has 1 aliphatic rings. The Morgan fingerprint density at radius 3 is 2.96 bits per heavy atom. The normalized spacial score (nSPS) is 13.6. The van der Waals surface area contributed by atoms with E-state index in [-0.39, 0.29) is 17.8 Å². The molecule has 28 heavy (non-hydrogen) atoms. The number of rotatable bonds is 5. The summed E-state index contributed by atoms with van der Waals surface area (Å²) in [5, 5.41) is 0. The summed E-state index contributed by atoms with van der Waals surface area (Å²) in [6.45, 7) is 6.30. The predicted octanol–water partition coefficient (Wildman–Crippen LogP) is 4.33. The molecule has 0 radical (unpaired) electrons. The van der Waals surface area contributed by atoms with Crippen LogP contribution in [0, 0.1) is 5.82 Å². The van der Waals surface area contributed by atoms with Crippen LogP contribution in [0.5, 0.6) is 0 Å². The lowest BCUT2D eigenvalue weighted by Gasteiger charge is -2.25. The highest BCUT2D eigenvalue weighted by Crippen LogP contribution is 2.30. The van der Waals surface area contributed by atoms with Gasteiger partial charge in [-0.3, -0.25) is 4.79 Å². The first-order valence-electron chi connectivity index (χ1n) is 9.30. The molecule has 0 bridgehead atoms. The minimum absolute atomic E-state index is 0.0298. The monoisotopic (exact) mass is 399 g/mol. The fourth-order valence-electron chi connectivity index (χ4n) is 3.26. The molecule has 1 aliphatic heterocycles. The Balaban J connectivity index is 1.54. The van der Waals surface area contributed by atoms with E-state index in [2.05, 4.69) is 4.98 Å². The van der Waals surface area contributed by atoms with Gasteiger partial charge in [-0.15, -0.1) is 11.3 Å². The van der Waals surface area contributed by atoms with E-state index in [1.54, 1.807) is 17.4 Å². The van der Waals surface area contributed by atoms with Crippen LogP contribution < -0.4 is 0 Å². The van der Waals surface area contributed by atoms with Gasteiger partial charge in [0.05, 0.1) is 13.2 Å². The fourth-order valence-corrected chi connectivity index (χ4v) is 4.26. The molecule has 0 saturated heterocycles. The SMILES string of the molecule is CC(C)N(Cc1ccc(-c2cccc(F)c2)s1)C(=O)c1cn2c(n1)COCC2. The Hall–Kier alpha value is -2.51. The van der Waals surface area contributed by atoms with Crippen LogP contribution in [0.15, 0.2) is 42.6 Å². The van der Waals surface area contributed by atoms with Crippen LogP contribution in [0.25, 0.3) is 10.4 Å². The second-order valence-electron chi connectivity index (χ2n) is 7.09. The van der Waals surface area contributed by atoms with Crippen LogP contribution in [0.3, 0.4) is 0 Å². The summed E-state index contributed by atoms with van der Waals surface area (Å²) < 4.78 is 20.9. The third-order valence-corrected chi connectivity index (χ3v) is 5.89. The molecule has 1 aromatic carbocycles. The number of nitrogens with zero attached hydrogens (tertiary/aromatic N) is 3. The van der Waals surface area contributed by atoms with Crippen molar-refractivity contribution in [2.75, 3.05) is 6.61 Å². The number of carbonyl (C=O) groups excluding carboxylic acids is 1. The smallest absolute Gasteiger partial charge is 0.274 e. The fraction of sp³-hybridized carbons (Fsp3) is 0.333. The molecule has 0 unspecified atom stereocenters. The molecule has 7 heteroatoms. The molecule has 1 amide bonds. The number of hydrogen-bond acceptors (Lipinski definition) is 4. The van der Waals surface area contributed by atoms with Gasteiger partial charge >= 0.3 is 0 Å². The Kier molecular flexibility index (Phi) is 5.28. The van der Waals surface area contributed by atoms with E-state index in [4.69, 9.17) is 4.74 Å². The lowest BCUT2D eigenvalue weighted by Crippen LogP contribution is -2.36. The van der Waals surface area contributed by atoms with Gasteiger partial charge in [0, 0.05) is 28.5 Å². The maximum Gasteiger partial charge on any atom is 0.274 e. The van der Waals surface area contributed by atoms with E-state index in [1.807, 2.05) is 47.7 Å². The second kappa shape index (κ2) is 7.85. The number of thiophene rings is 1. The number of ether oxygens (including phenoxy) is 1. The summed E-state index contributed by atoms with van der Waals surface area (Å²) in [5.74, 6) is 0.458. The molecule has 0 fully saturated rings. The number of halogens is 1. The molecule has 146 valence electrons. The molecule has 2 aromatic heterocycles. The van der Waals surface area contributed by atoms with E-state index in [0.29, 0.717) is 25.5 Å². The molecule has 0 spiro atoms. The van der Waals surface area contributed by atoms with Crippen LogP contribution in [0.1, 0.15) is 35.0 Å². The van der Waals surface area contributed by atoms with Gasteiger partial charge in [-0.05, 0) is 43.7 Å². The van der Waals surface area contributed by atoms with Crippen molar-refractivity contribution in [1.29, 1.82) is 0 Å². The third kappa shape index (κ3) is 3.86. The quantitative estimate of drug-likeness (QED) is 0.642. The van der Waals surface area contributed by atoms with E-state index in [0.717, 1.165) is 27.7 Å². The summed E-state index contributed by atoms with van der Waals surface area (Å²) in [6, 6.07) is 10.6. The van der Waals surface area contributed by atoms with Crippen molar-refractivity contribution in [3.8, 4) is 10.4 Å². The summed E-state index contributed by atoms with van der Waals surface area (Å²) in [4.78, 5) is 21.4. The number of benzene rings is 1. The molecule has 3 heterocycles. The number of amides is 1. The summed E-state index contributed by atoms with van der Waals surface area (Å²) in [5.41, 5.74) is 1.30. The predicted molar refractivity (Wildman–Crippen MR) is 107 cm³/mol. The number of imidazole rings is 1. The lowest BCUT2D eigenvalue weighted by molar-refractivity contribution is 0.0686. The van der Waals surface area contributed by atoms with Crippen LogP contribution in [0.4, 0.5) is 4.39 Å². The average Bonchev–Trinajstić information content (AvgIpc) is 3.32. The van der Waals surface area contributed by atoms with Gasteiger partial charge in [-0.1, -0.05) is 12.1 Å². The van der Waals surface area contributed by atoms with Gasteiger partial charge in [0.2, 0.25) is 0 Å². The minimum Gasteiger partial charge on any atom is -0.372 e. The topological polar surface area (TPSA) is 47.4 Å². The van der Waals surface area contributed by atoms with Gasteiger partial charge < -0.3 is 14.2 Å². The second-order valence-corrected chi connectivity index (χ2v) is 8.26. The van der Waals surface area contributed by atoms with Crippen LogP contribution >= 0.6 is 11.3 Å². The zero-order chi connectivity index (χ0) is 19.7. The van der Waals surface area contributed by atoms with Crippen LogP contribution in [0.2, 0.25) is 0 Å². The number of aromatic nitrogens is 2. The number of hydrogen-bond donors (Lipinski definition) is 0. The van der Waals surface area contributed by atoms with Crippen LogP contribution in [-0.2, 0) is 24.4 Å². The molecule has 4 rings (SSSR count). The molecule has 0 aliphatic carbocycles. The number of carbonyl (C=O) groups is 1. The summed E-state index contributed by atoms with van der Waals surface area (Å²) >= 11 is 1.57. The highest BCUT2D eigenvalue weighted by molar-refractivity contribution is 7.15. The van der Waals surface area contributed by atoms with E-state index < -0.39 is 0 Å². The molecular formula is C21H22FN3O2S. The van der Waals surface area contributed by atoms with E-state index >= 15 is 0 Å².